The van der Waals surface area contributed by atoms with E-state index in [1.807, 2.05) is 37.3 Å². The molecular formula is C18H23ClN4O. The molecule has 0 saturated carbocycles. The van der Waals surface area contributed by atoms with Crippen molar-refractivity contribution in [2.75, 3.05) is 18.4 Å². The van der Waals surface area contributed by atoms with Gasteiger partial charge in [0.2, 0.25) is 5.91 Å². The number of amides is 1. The number of rotatable bonds is 5. The number of hydrogen-bond acceptors (Lipinski definition) is 4. The van der Waals surface area contributed by atoms with E-state index in [9.17, 15) is 4.79 Å². The first kappa shape index (κ1) is 18.4. The standard InChI is InChI=1S/C18H22N4O.ClH/c1-13-20-10-8-17(21-13)15-3-2-4-16(11-15)22-18(23)6-5-14-7-9-19-12-14;/h2-4,8,10-11,14,19H,5-7,9,12H2,1H3,(H,22,23);1H. The van der Waals surface area contributed by atoms with Crippen molar-refractivity contribution in [3.63, 3.8) is 0 Å². The van der Waals surface area contributed by atoms with Gasteiger partial charge in [-0.05, 0) is 57.0 Å². The van der Waals surface area contributed by atoms with Gasteiger partial charge >= 0.3 is 0 Å². The van der Waals surface area contributed by atoms with Crippen LogP contribution < -0.4 is 10.6 Å². The van der Waals surface area contributed by atoms with Gasteiger partial charge in [-0.25, -0.2) is 9.97 Å². The second-order valence-corrected chi connectivity index (χ2v) is 6.02. The van der Waals surface area contributed by atoms with Crippen molar-refractivity contribution in [1.82, 2.24) is 15.3 Å². The third kappa shape index (κ3) is 5.01. The van der Waals surface area contributed by atoms with Crippen LogP contribution >= 0.6 is 12.4 Å². The average molecular weight is 347 g/mol. The van der Waals surface area contributed by atoms with Crippen LogP contribution in [-0.4, -0.2) is 29.0 Å². The van der Waals surface area contributed by atoms with Crippen molar-refractivity contribution in [3.8, 4) is 11.3 Å². The Balaban J connectivity index is 0.00000208. The normalized spacial score (nSPS) is 16.5. The van der Waals surface area contributed by atoms with E-state index in [-0.39, 0.29) is 18.3 Å². The smallest absolute Gasteiger partial charge is 0.224 e. The third-order valence-corrected chi connectivity index (χ3v) is 4.16. The van der Waals surface area contributed by atoms with Crippen LogP contribution in [0.2, 0.25) is 0 Å². The van der Waals surface area contributed by atoms with Crippen LogP contribution in [0, 0.1) is 12.8 Å². The van der Waals surface area contributed by atoms with E-state index in [4.69, 9.17) is 0 Å². The number of carbonyl (C=O) groups excluding carboxylic acids is 1. The summed E-state index contributed by atoms with van der Waals surface area (Å²) in [6, 6.07) is 9.66. The maximum atomic E-state index is 12.1. The first-order valence-electron chi connectivity index (χ1n) is 8.11. The molecule has 0 aliphatic carbocycles. The zero-order valence-electron chi connectivity index (χ0n) is 13.8. The number of nitrogens with one attached hydrogen (secondary N) is 2. The maximum Gasteiger partial charge on any atom is 0.224 e. The van der Waals surface area contributed by atoms with Crippen molar-refractivity contribution in [1.29, 1.82) is 0 Å². The van der Waals surface area contributed by atoms with Crippen LogP contribution in [-0.2, 0) is 4.79 Å². The lowest BCUT2D eigenvalue weighted by Crippen LogP contribution is -2.15. The van der Waals surface area contributed by atoms with Crippen LogP contribution in [0.5, 0.6) is 0 Å². The van der Waals surface area contributed by atoms with Gasteiger partial charge in [0.1, 0.15) is 5.82 Å². The summed E-state index contributed by atoms with van der Waals surface area (Å²) in [6.45, 7) is 3.98. The van der Waals surface area contributed by atoms with E-state index in [1.165, 1.54) is 6.42 Å². The molecule has 2 heterocycles. The number of anilines is 1. The molecule has 128 valence electrons. The largest absolute Gasteiger partial charge is 0.326 e. The zero-order valence-corrected chi connectivity index (χ0v) is 14.6. The van der Waals surface area contributed by atoms with Crippen molar-refractivity contribution < 1.29 is 4.79 Å². The Hall–Kier alpha value is -1.98. The van der Waals surface area contributed by atoms with E-state index < -0.39 is 0 Å². The lowest BCUT2D eigenvalue weighted by Gasteiger charge is -2.10. The first-order chi connectivity index (χ1) is 11.2. The summed E-state index contributed by atoms with van der Waals surface area (Å²) < 4.78 is 0. The van der Waals surface area contributed by atoms with Gasteiger partial charge in [-0.15, -0.1) is 12.4 Å². The molecular weight excluding hydrogens is 324 g/mol. The van der Waals surface area contributed by atoms with Crippen LogP contribution in [0.25, 0.3) is 11.3 Å². The SMILES string of the molecule is Cc1nccc(-c2cccc(NC(=O)CCC3CCNC3)c2)n1.Cl. The van der Waals surface area contributed by atoms with Gasteiger partial charge in [0, 0.05) is 23.9 Å². The van der Waals surface area contributed by atoms with Crippen molar-refractivity contribution in [2.45, 2.75) is 26.2 Å². The third-order valence-electron chi connectivity index (χ3n) is 4.16. The molecule has 0 radical (unpaired) electrons. The Kier molecular flexibility index (Phi) is 6.70. The van der Waals surface area contributed by atoms with Crippen LogP contribution in [0.4, 0.5) is 5.69 Å². The molecule has 1 amide bonds. The Bertz CT molecular complexity index is 686. The van der Waals surface area contributed by atoms with Gasteiger partial charge in [0.25, 0.3) is 0 Å². The first-order valence-corrected chi connectivity index (χ1v) is 8.11. The number of aromatic nitrogens is 2. The van der Waals surface area contributed by atoms with Crippen LogP contribution in [0.3, 0.4) is 0 Å². The average Bonchev–Trinajstić information content (AvgIpc) is 3.07. The van der Waals surface area contributed by atoms with Gasteiger partial charge in [0.05, 0.1) is 5.69 Å². The quantitative estimate of drug-likeness (QED) is 0.872. The summed E-state index contributed by atoms with van der Waals surface area (Å²) in [6.07, 6.45) is 4.45. The zero-order chi connectivity index (χ0) is 16.1. The summed E-state index contributed by atoms with van der Waals surface area (Å²) >= 11 is 0. The monoisotopic (exact) mass is 346 g/mol. The second kappa shape index (κ2) is 8.76. The number of carbonyl (C=O) groups is 1. The summed E-state index contributed by atoms with van der Waals surface area (Å²) in [5.74, 6) is 1.45. The van der Waals surface area contributed by atoms with Crippen molar-refractivity contribution in [2.24, 2.45) is 5.92 Å². The highest BCUT2D eigenvalue weighted by molar-refractivity contribution is 5.91. The Morgan fingerprint density at radius 3 is 3.00 bits per heavy atom. The predicted molar refractivity (Wildman–Crippen MR) is 98.3 cm³/mol. The van der Waals surface area contributed by atoms with Gasteiger partial charge in [-0.2, -0.15) is 0 Å². The highest BCUT2D eigenvalue weighted by Crippen LogP contribution is 2.21. The maximum absolute atomic E-state index is 12.1. The molecule has 1 aromatic heterocycles. The molecule has 6 heteroatoms. The lowest BCUT2D eigenvalue weighted by atomic mass is 10.0. The fraction of sp³-hybridized carbons (Fsp3) is 0.389. The molecule has 1 aromatic carbocycles. The molecule has 1 atom stereocenters. The van der Waals surface area contributed by atoms with E-state index in [0.29, 0.717) is 12.3 Å². The van der Waals surface area contributed by atoms with Crippen molar-refractivity contribution >= 4 is 24.0 Å². The molecule has 1 unspecified atom stereocenters. The molecule has 1 fully saturated rings. The number of halogens is 1. The molecule has 0 bridgehead atoms. The summed E-state index contributed by atoms with van der Waals surface area (Å²) in [5, 5.41) is 6.32. The number of benzene rings is 1. The molecule has 1 aliphatic heterocycles. The summed E-state index contributed by atoms with van der Waals surface area (Å²) in [5.41, 5.74) is 2.66. The van der Waals surface area contributed by atoms with Gasteiger partial charge in [0.15, 0.2) is 0 Å². The minimum atomic E-state index is 0. The fourth-order valence-corrected chi connectivity index (χ4v) is 2.89. The molecule has 5 nitrogen and oxygen atoms in total. The fourth-order valence-electron chi connectivity index (χ4n) is 2.89. The molecule has 0 spiro atoms. The van der Waals surface area contributed by atoms with E-state index in [0.717, 1.165) is 42.3 Å². The summed E-state index contributed by atoms with van der Waals surface area (Å²) in [4.78, 5) is 20.6. The molecule has 1 saturated heterocycles. The molecule has 3 rings (SSSR count). The van der Waals surface area contributed by atoms with E-state index in [2.05, 4.69) is 20.6 Å². The van der Waals surface area contributed by atoms with Gasteiger partial charge in [-0.1, -0.05) is 12.1 Å². The Morgan fingerprint density at radius 1 is 1.38 bits per heavy atom. The molecule has 24 heavy (non-hydrogen) atoms. The van der Waals surface area contributed by atoms with E-state index in [1.54, 1.807) is 6.20 Å². The summed E-state index contributed by atoms with van der Waals surface area (Å²) in [7, 11) is 0. The minimum absolute atomic E-state index is 0. The van der Waals surface area contributed by atoms with E-state index >= 15 is 0 Å². The van der Waals surface area contributed by atoms with Crippen LogP contribution in [0.1, 0.15) is 25.1 Å². The molecule has 1 aliphatic rings. The number of aryl methyl sites for hydroxylation is 1. The minimum Gasteiger partial charge on any atom is -0.326 e. The lowest BCUT2D eigenvalue weighted by molar-refractivity contribution is -0.116. The van der Waals surface area contributed by atoms with Crippen LogP contribution in [0.15, 0.2) is 36.5 Å². The molecule has 2 aromatic rings. The highest BCUT2D eigenvalue weighted by Gasteiger charge is 2.15. The number of hydrogen-bond donors (Lipinski definition) is 2. The highest BCUT2D eigenvalue weighted by atomic mass is 35.5. The van der Waals surface area contributed by atoms with Gasteiger partial charge in [-0.3, -0.25) is 4.79 Å². The van der Waals surface area contributed by atoms with Crippen molar-refractivity contribution in [3.05, 3.63) is 42.4 Å². The number of nitrogens with zero attached hydrogens (tertiary/aromatic N) is 2. The Morgan fingerprint density at radius 2 is 2.25 bits per heavy atom. The second-order valence-electron chi connectivity index (χ2n) is 6.02. The molecule has 2 N–H and O–H groups in total. The topological polar surface area (TPSA) is 66.9 Å². The Labute approximate surface area is 148 Å². The predicted octanol–water partition coefficient (Wildman–Crippen LogP) is 3.20. The van der Waals surface area contributed by atoms with Gasteiger partial charge < -0.3 is 10.6 Å².